The molecule has 0 bridgehead atoms. The monoisotopic (exact) mass is 269 g/mol. The fourth-order valence-electron chi connectivity index (χ4n) is 2.39. The highest BCUT2D eigenvalue weighted by atomic mass is 16.6. The van der Waals surface area contributed by atoms with E-state index in [0.29, 0.717) is 32.5 Å². The van der Waals surface area contributed by atoms with Crippen LogP contribution in [-0.4, -0.2) is 60.1 Å². The first-order chi connectivity index (χ1) is 9.13. The van der Waals surface area contributed by atoms with Crippen LogP contribution in [0.1, 0.15) is 26.2 Å². The first-order valence-corrected chi connectivity index (χ1v) is 6.65. The molecule has 2 rings (SSSR count). The second-order valence-electron chi connectivity index (χ2n) is 4.77. The Hall–Kier alpha value is -1.79. The Bertz CT molecular complexity index is 361. The summed E-state index contributed by atoms with van der Waals surface area (Å²) >= 11 is 0. The summed E-state index contributed by atoms with van der Waals surface area (Å²) < 4.78 is 4.70. The van der Waals surface area contributed by atoms with Gasteiger partial charge in [-0.15, -0.1) is 0 Å². The van der Waals surface area contributed by atoms with Gasteiger partial charge in [-0.05, 0) is 19.3 Å². The van der Waals surface area contributed by atoms with E-state index in [1.165, 1.54) is 4.90 Å². The molecule has 1 N–H and O–H groups in total. The number of amides is 4. The number of ether oxygens (including phenoxy) is 1. The van der Waals surface area contributed by atoms with Crippen molar-refractivity contribution in [2.75, 3.05) is 26.2 Å². The molecule has 2 aliphatic heterocycles. The second-order valence-corrected chi connectivity index (χ2v) is 4.77. The van der Waals surface area contributed by atoms with Crippen LogP contribution < -0.4 is 5.32 Å². The number of carbonyl (C=O) groups is 3. The number of nitrogens with zero attached hydrogens (tertiary/aromatic N) is 2. The zero-order valence-corrected chi connectivity index (χ0v) is 11.1. The standard InChI is InChI=1S/C12H19N3O4/c1-2-5-13-11(17)14-6-3-9(4-7-14)15-10(16)8-19-12(15)18/h9H,2-8H2,1H3,(H,13,17). The lowest BCUT2D eigenvalue weighted by atomic mass is 10.0. The van der Waals surface area contributed by atoms with Crippen LogP contribution in [0, 0.1) is 0 Å². The number of likely N-dealkylation sites (tertiary alicyclic amines) is 1. The van der Waals surface area contributed by atoms with Gasteiger partial charge in [0.15, 0.2) is 6.61 Å². The van der Waals surface area contributed by atoms with Gasteiger partial charge in [0.2, 0.25) is 0 Å². The second kappa shape index (κ2) is 5.90. The van der Waals surface area contributed by atoms with E-state index >= 15 is 0 Å². The predicted molar refractivity (Wildman–Crippen MR) is 66.5 cm³/mol. The molecule has 2 fully saturated rings. The lowest BCUT2D eigenvalue weighted by Gasteiger charge is -2.34. The van der Waals surface area contributed by atoms with Gasteiger partial charge in [-0.25, -0.2) is 14.5 Å². The third-order valence-electron chi connectivity index (χ3n) is 3.43. The number of hydrogen-bond acceptors (Lipinski definition) is 4. The van der Waals surface area contributed by atoms with Gasteiger partial charge in [0.05, 0.1) is 0 Å². The first-order valence-electron chi connectivity index (χ1n) is 6.65. The molecule has 2 heterocycles. The van der Waals surface area contributed by atoms with E-state index in [0.717, 1.165) is 6.42 Å². The molecular formula is C12H19N3O4. The number of cyclic esters (lactones) is 1. The molecule has 0 aromatic rings. The minimum Gasteiger partial charge on any atom is -0.439 e. The summed E-state index contributed by atoms with van der Waals surface area (Å²) in [5.74, 6) is -0.279. The Morgan fingerprint density at radius 1 is 1.37 bits per heavy atom. The maximum absolute atomic E-state index is 11.8. The molecule has 0 unspecified atom stereocenters. The van der Waals surface area contributed by atoms with Crippen molar-refractivity contribution in [3.8, 4) is 0 Å². The molecule has 7 nitrogen and oxygen atoms in total. The van der Waals surface area contributed by atoms with Gasteiger partial charge in [0, 0.05) is 25.7 Å². The van der Waals surface area contributed by atoms with E-state index < -0.39 is 6.09 Å². The number of urea groups is 1. The lowest BCUT2D eigenvalue weighted by molar-refractivity contribution is -0.127. The topological polar surface area (TPSA) is 79.0 Å². The first kappa shape index (κ1) is 13.6. The summed E-state index contributed by atoms with van der Waals surface area (Å²) in [4.78, 5) is 37.6. The van der Waals surface area contributed by atoms with Gasteiger partial charge in [0.25, 0.3) is 5.91 Å². The van der Waals surface area contributed by atoms with Crippen molar-refractivity contribution in [2.45, 2.75) is 32.2 Å². The quantitative estimate of drug-likeness (QED) is 0.811. The molecule has 0 saturated carbocycles. The molecule has 0 radical (unpaired) electrons. The molecule has 0 aromatic heterocycles. The van der Waals surface area contributed by atoms with Crippen LogP contribution in [0.4, 0.5) is 9.59 Å². The van der Waals surface area contributed by atoms with Gasteiger partial charge in [-0.1, -0.05) is 6.92 Å². The summed E-state index contributed by atoms with van der Waals surface area (Å²) in [6.45, 7) is 3.61. The zero-order chi connectivity index (χ0) is 13.8. The average Bonchev–Trinajstić information content (AvgIpc) is 2.76. The molecular weight excluding hydrogens is 250 g/mol. The van der Waals surface area contributed by atoms with Gasteiger partial charge >= 0.3 is 12.1 Å². The maximum atomic E-state index is 11.8. The molecule has 19 heavy (non-hydrogen) atoms. The van der Waals surface area contributed by atoms with Crippen molar-refractivity contribution >= 4 is 18.0 Å². The third kappa shape index (κ3) is 2.97. The van der Waals surface area contributed by atoms with Crippen LogP contribution >= 0.6 is 0 Å². The van der Waals surface area contributed by atoms with Crippen LogP contribution in [0.2, 0.25) is 0 Å². The number of rotatable bonds is 3. The number of piperidine rings is 1. The SMILES string of the molecule is CCCNC(=O)N1CCC(N2C(=O)COC2=O)CC1. The van der Waals surface area contributed by atoms with E-state index in [-0.39, 0.29) is 24.6 Å². The Labute approximate surface area is 111 Å². The molecule has 0 aromatic carbocycles. The van der Waals surface area contributed by atoms with E-state index in [1.807, 2.05) is 6.92 Å². The Morgan fingerprint density at radius 2 is 2.05 bits per heavy atom. The minimum atomic E-state index is -0.557. The number of hydrogen-bond donors (Lipinski definition) is 1. The molecule has 2 saturated heterocycles. The van der Waals surface area contributed by atoms with E-state index in [4.69, 9.17) is 4.74 Å². The molecule has 2 aliphatic rings. The van der Waals surface area contributed by atoms with Gasteiger partial charge in [0.1, 0.15) is 0 Å². The molecule has 0 spiro atoms. The van der Waals surface area contributed by atoms with Crippen LogP contribution in [0.25, 0.3) is 0 Å². The summed E-state index contributed by atoms with van der Waals surface area (Å²) in [7, 11) is 0. The van der Waals surface area contributed by atoms with E-state index in [1.54, 1.807) is 4.90 Å². The smallest absolute Gasteiger partial charge is 0.417 e. The van der Waals surface area contributed by atoms with E-state index in [2.05, 4.69) is 5.32 Å². The zero-order valence-electron chi connectivity index (χ0n) is 11.1. The van der Waals surface area contributed by atoms with Crippen molar-refractivity contribution in [2.24, 2.45) is 0 Å². The van der Waals surface area contributed by atoms with Gasteiger partial charge in [-0.3, -0.25) is 4.79 Å². The van der Waals surface area contributed by atoms with Crippen molar-refractivity contribution in [3.63, 3.8) is 0 Å². The summed E-state index contributed by atoms with van der Waals surface area (Å²) in [5.41, 5.74) is 0. The largest absolute Gasteiger partial charge is 0.439 e. The van der Waals surface area contributed by atoms with Crippen molar-refractivity contribution in [3.05, 3.63) is 0 Å². The molecule has 7 heteroatoms. The Morgan fingerprint density at radius 3 is 2.58 bits per heavy atom. The molecule has 106 valence electrons. The minimum absolute atomic E-state index is 0.0735. The average molecular weight is 269 g/mol. The van der Waals surface area contributed by atoms with Crippen molar-refractivity contribution in [1.82, 2.24) is 15.1 Å². The Kier molecular flexibility index (Phi) is 4.24. The van der Waals surface area contributed by atoms with E-state index in [9.17, 15) is 14.4 Å². The molecule has 4 amide bonds. The Balaban J connectivity index is 1.84. The van der Waals surface area contributed by atoms with Crippen LogP contribution in [0.5, 0.6) is 0 Å². The summed E-state index contributed by atoms with van der Waals surface area (Å²) in [6, 6.07) is -0.214. The van der Waals surface area contributed by atoms with Gasteiger partial charge in [-0.2, -0.15) is 0 Å². The van der Waals surface area contributed by atoms with Crippen molar-refractivity contribution in [1.29, 1.82) is 0 Å². The summed E-state index contributed by atoms with van der Waals surface area (Å²) in [5, 5.41) is 2.82. The number of carbonyl (C=O) groups excluding carboxylic acids is 3. The fraction of sp³-hybridized carbons (Fsp3) is 0.750. The number of imide groups is 1. The summed E-state index contributed by atoms with van der Waals surface area (Å²) in [6.07, 6.45) is 1.57. The highest BCUT2D eigenvalue weighted by molar-refractivity contribution is 5.98. The van der Waals surface area contributed by atoms with Gasteiger partial charge < -0.3 is 15.0 Å². The predicted octanol–water partition coefficient (Wildman–Crippen LogP) is 0.549. The lowest BCUT2D eigenvalue weighted by Crippen LogP contribution is -2.50. The van der Waals surface area contributed by atoms with Crippen LogP contribution in [0.3, 0.4) is 0 Å². The third-order valence-corrected chi connectivity index (χ3v) is 3.43. The highest BCUT2D eigenvalue weighted by Gasteiger charge is 2.38. The highest BCUT2D eigenvalue weighted by Crippen LogP contribution is 2.20. The van der Waals surface area contributed by atoms with Crippen LogP contribution in [-0.2, 0) is 9.53 Å². The van der Waals surface area contributed by atoms with Crippen molar-refractivity contribution < 1.29 is 19.1 Å². The molecule has 0 aliphatic carbocycles. The maximum Gasteiger partial charge on any atom is 0.417 e. The fourth-order valence-corrected chi connectivity index (χ4v) is 2.39. The normalized spacial score (nSPS) is 20.7. The number of nitrogens with one attached hydrogen (secondary N) is 1. The van der Waals surface area contributed by atoms with Crippen LogP contribution in [0.15, 0.2) is 0 Å². The molecule has 0 atom stereocenters.